The molecule has 4 N–H and O–H groups in total. The topological polar surface area (TPSA) is 163 Å². The van der Waals surface area contributed by atoms with Gasteiger partial charge in [-0.1, -0.05) is 30.3 Å². The number of hydrogen-bond acceptors (Lipinski definition) is 7. The Balaban J connectivity index is 1.63. The number of fused-ring (bicyclic) bond motifs is 1. The third-order valence-corrected chi connectivity index (χ3v) is 9.17. The van der Waals surface area contributed by atoms with Crippen molar-refractivity contribution < 1.29 is 18.1 Å². The van der Waals surface area contributed by atoms with Gasteiger partial charge in [-0.15, -0.1) is 11.3 Å². The number of nitrogens with one attached hydrogen (secondary N) is 2. The van der Waals surface area contributed by atoms with Crippen molar-refractivity contribution in [3.8, 4) is 0 Å². The molecule has 1 aliphatic rings. The molecule has 196 valence electrons. The Morgan fingerprint density at radius 3 is 2.68 bits per heavy atom. The van der Waals surface area contributed by atoms with E-state index in [1.54, 1.807) is 29.5 Å². The normalized spacial score (nSPS) is 16.9. The maximum absolute atomic E-state index is 13.7. The highest BCUT2D eigenvalue weighted by Gasteiger charge is 2.34. The molecule has 0 spiro atoms. The zero-order chi connectivity index (χ0) is 26.7. The number of amides is 1. The number of nitro groups is 1. The van der Waals surface area contributed by atoms with Gasteiger partial charge in [0.2, 0.25) is 15.9 Å². The van der Waals surface area contributed by atoms with Crippen molar-refractivity contribution in [1.29, 1.82) is 5.41 Å². The molecule has 0 radical (unpaired) electrons. The van der Waals surface area contributed by atoms with Crippen molar-refractivity contribution in [2.45, 2.75) is 36.2 Å². The van der Waals surface area contributed by atoms with Crippen LogP contribution in [0.25, 0.3) is 10.1 Å². The number of likely N-dealkylation sites (tertiary alicyclic amines) is 1. The number of non-ortho nitro benzene ring substituents is 1. The number of sulfonamides is 1. The zero-order valence-electron chi connectivity index (χ0n) is 20.2. The molecule has 1 saturated heterocycles. The molecule has 1 aromatic heterocycles. The Hall–Kier alpha value is -3.55. The van der Waals surface area contributed by atoms with E-state index in [1.807, 2.05) is 12.1 Å². The highest BCUT2D eigenvalue weighted by molar-refractivity contribution is 7.90. The average Bonchev–Trinajstić information content (AvgIpc) is 3.33. The van der Waals surface area contributed by atoms with Gasteiger partial charge in [0, 0.05) is 53.8 Å². The van der Waals surface area contributed by atoms with Crippen LogP contribution in [0.2, 0.25) is 0 Å². The minimum absolute atomic E-state index is 0.00557. The number of nitro benzene ring substituents is 1. The number of piperidine rings is 1. The lowest BCUT2D eigenvalue weighted by molar-refractivity contribution is -0.384. The van der Waals surface area contributed by atoms with Gasteiger partial charge in [-0.25, -0.2) is 8.42 Å². The molecule has 2 atom stereocenters. The van der Waals surface area contributed by atoms with Crippen molar-refractivity contribution in [2.75, 3.05) is 20.1 Å². The standard InChI is InChI=1S/C24H28N6O5S2/c1-28(18-5-4-12-29(14-18)24(25)26)23(31)20(13-16-8-10-17(11-9-16)30(32)33)27-37(34,35)22-15-36-21-7-3-2-6-19(21)22/h2-3,6-11,15,18,20,27H,4-5,12-14H2,1H3,(H3,25,26). The number of rotatable bonds is 8. The van der Waals surface area contributed by atoms with Gasteiger partial charge in [0.05, 0.1) is 4.92 Å². The summed E-state index contributed by atoms with van der Waals surface area (Å²) in [6.45, 7) is 1.00. The summed E-state index contributed by atoms with van der Waals surface area (Å²) >= 11 is 1.30. The van der Waals surface area contributed by atoms with E-state index in [1.165, 1.54) is 40.5 Å². The van der Waals surface area contributed by atoms with Gasteiger partial charge >= 0.3 is 0 Å². The Morgan fingerprint density at radius 1 is 1.30 bits per heavy atom. The fraction of sp³-hybridized carbons (Fsp3) is 0.333. The third kappa shape index (κ3) is 5.89. The Bertz CT molecular complexity index is 1420. The van der Waals surface area contributed by atoms with E-state index < -0.39 is 26.9 Å². The maximum atomic E-state index is 13.7. The van der Waals surface area contributed by atoms with Gasteiger partial charge in [-0.2, -0.15) is 4.72 Å². The number of benzene rings is 2. The fourth-order valence-electron chi connectivity index (χ4n) is 4.50. The summed E-state index contributed by atoms with van der Waals surface area (Å²) in [5, 5.41) is 20.9. The Labute approximate surface area is 218 Å². The van der Waals surface area contributed by atoms with Gasteiger partial charge in [0.25, 0.3) is 5.69 Å². The molecule has 0 saturated carbocycles. The first-order chi connectivity index (χ1) is 17.6. The lowest BCUT2D eigenvalue weighted by atomic mass is 10.0. The molecule has 0 bridgehead atoms. The van der Waals surface area contributed by atoms with Crippen molar-refractivity contribution in [3.63, 3.8) is 0 Å². The molecule has 37 heavy (non-hydrogen) atoms. The van der Waals surface area contributed by atoms with E-state index in [9.17, 15) is 23.3 Å². The van der Waals surface area contributed by atoms with Crippen LogP contribution in [0.5, 0.6) is 0 Å². The van der Waals surface area contributed by atoms with E-state index >= 15 is 0 Å². The monoisotopic (exact) mass is 544 g/mol. The van der Waals surface area contributed by atoms with Crippen LogP contribution in [0.1, 0.15) is 18.4 Å². The second-order valence-corrected chi connectivity index (χ2v) is 11.6. The number of likely N-dealkylation sites (N-methyl/N-ethyl adjacent to an activating group) is 1. The third-order valence-electron chi connectivity index (χ3n) is 6.55. The average molecular weight is 545 g/mol. The van der Waals surface area contributed by atoms with Crippen LogP contribution in [0.4, 0.5) is 5.69 Å². The first-order valence-electron chi connectivity index (χ1n) is 11.6. The SMILES string of the molecule is CN(C(=O)C(Cc1ccc([N+](=O)[O-])cc1)NS(=O)(=O)c1csc2ccccc12)C1CCCN(C(=N)N)C1. The number of guanidine groups is 1. The number of nitrogens with zero attached hydrogens (tertiary/aromatic N) is 3. The molecule has 13 heteroatoms. The van der Waals surface area contributed by atoms with Crippen molar-refractivity contribution in [1.82, 2.24) is 14.5 Å². The molecule has 2 heterocycles. The van der Waals surface area contributed by atoms with Crippen LogP contribution in [0.15, 0.2) is 58.8 Å². The van der Waals surface area contributed by atoms with Crippen LogP contribution in [0.3, 0.4) is 0 Å². The predicted octanol–water partition coefficient (Wildman–Crippen LogP) is 2.52. The lowest BCUT2D eigenvalue weighted by Crippen LogP contribution is -2.56. The Kier molecular flexibility index (Phi) is 7.76. The summed E-state index contributed by atoms with van der Waals surface area (Å²) in [6.07, 6.45) is 1.44. The minimum Gasteiger partial charge on any atom is -0.370 e. The highest BCUT2D eigenvalue weighted by Crippen LogP contribution is 2.29. The number of nitrogens with two attached hydrogens (primary N) is 1. The first kappa shape index (κ1) is 26.5. The summed E-state index contributed by atoms with van der Waals surface area (Å²) in [6, 6.07) is 11.4. The molecule has 11 nitrogen and oxygen atoms in total. The summed E-state index contributed by atoms with van der Waals surface area (Å²) in [5.74, 6) is -0.505. The Morgan fingerprint density at radius 2 is 2.00 bits per heavy atom. The fourth-order valence-corrected chi connectivity index (χ4v) is 7.19. The highest BCUT2D eigenvalue weighted by atomic mass is 32.2. The number of hydrogen-bond donors (Lipinski definition) is 3. The molecule has 1 fully saturated rings. The van der Waals surface area contributed by atoms with Crippen LogP contribution in [0, 0.1) is 15.5 Å². The lowest BCUT2D eigenvalue weighted by Gasteiger charge is -2.39. The van der Waals surface area contributed by atoms with Gasteiger partial charge in [0.1, 0.15) is 10.9 Å². The van der Waals surface area contributed by atoms with Gasteiger partial charge < -0.3 is 15.5 Å². The molecule has 0 aliphatic carbocycles. The number of carbonyl (C=O) groups excluding carboxylic acids is 1. The molecular weight excluding hydrogens is 516 g/mol. The molecule has 3 aromatic rings. The predicted molar refractivity (Wildman–Crippen MR) is 142 cm³/mol. The second-order valence-electron chi connectivity index (χ2n) is 8.97. The molecule has 4 rings (SSSR count). The van der Waals surface area contributed by atoms with E-state index in [2.05, 4.69) is 4.72 Å². The van der Waals surface area contributed by atoms with Gasteiger partial charge in [0.15, 0.2) is 5.96 Å². The second kappa shape index (κ2) is 10.8. The molecule has 1 amide bonds. The van der Waals surface area contributed by atoms with Crippen molar-refractivity contribution >= 4 is 49.0 Å². The largest absolute Gasteiger partial charge is 0.370 e. The quantitative estimate of drug-likeness (QED) is 0.170. The number of thiophene rings is 1. The van der Waals surface area contributed by atoms with Crippen molar-refractivity contribution in [3.05, 3.63) is 69.6 Å². The van der Waals surface area contributed by atoms with Crippen LogP contribution < -0.4 is 10.5 Å². The molecule has 2 aromatic carbocycles. The maximum Gasteiger partial charge on any atom is 0.269 e. The summed E-state index contributed by atoms with van der Waals surface area (Å²) < 4.78 is 30.4. The van der Waals surface area contributed by atoms with Crippen LogP contribution >= 0.6 is 11.3 Å². The summed E-state index contributed by atoms with van der Waals surface area (Å²) in [7, 11) is -2.46. The summed E-state index contributed by atoms with van der Waals surface area (Å²) in [5.41, 5.74) is 6.13. The van der Waals surface area contributed by atoms with Crippen molar-refractivity contribution in [2.24, 2.45) is 5.73 Å². The van der Waals surface area contributed by atoms with E-state index in [-0.39, 0.29) is 29.0 Å². The first-order valence-corrected chi connectivity index (χ1v) is 14.0. The van der Waals surface area contributed by atoms with Crippen LogP contribution in [-0.2, 0) is 21.2 Å². The molecule has 2 unspecified atom stereocenters. The van der Waals surface area contributed by atoms with Gasteiger partial charge in [-0.05, 0) is 30.9 Å². The molecule has 1 aliphatic heterocycles. The molecular formula is C24H28N6O5S2. The number of carbonyl (C=O) groups is 1. The van der Waals surface area contributed by atoms with E-state index in [0.717, 1.165) is 11.1 Å². The van der Waals surface area contributed by atoms with Gasteiger partial charge in [-0.3, -0.25) is 20.3 Å². The van der Waals surface area contributed by atoms with E-state index in [0.29, 0.717) is 30.5 Å². The van der Waals surface area contributed by atoms with Crippen LogP contribution in [-0.4, -0.2) is 67.2 Å². The van der Waals surface area contributed by atoms with E-state index in [4.69, 9.17) is 11.1 Å². The smallest absolute Gasteiger partial charge is 0.269 e. The zero-order valence-corrected chi connectivity index (χ0v) is 21.8. The minimum atomic E-state index is -4.08. The summed E-state index contributed by atoms with van der Waals surface area (Å²) in [4.78, 5) is 27.5.